The first-order chi connectivity index (χ1) is 12.2. The Bertz CT molecular complexity index is 707. The Kier molecular flexibility index (Phi) is 5.81. The lowest BCUT2D eigenvalue weighted by molar-refractivity contribution is -0.118. The predicted molar refractivity (Wildman–Crippen MR) is 97.8 cm³/mol. The van der Waals surface area contributed by atoms with Crippen molar-refractivity contribution in [1.82, 2.24) is 4.98 Å². The minimum absolute atomic E-state index is 0.0346. The van der Waals surface area contributed by atoms with E-state index in [1.807, 2.05) is 17.5 Å². The van der Waals surface area contributed by atoms with Crippen molar-refractivity contribution in [2.75, 3.05) is 12.4 Å². The van der Waals surface area contributed by atoms with Gasteiger partial charge >= 0.3 is 5.97 Å². The number of thiazole rings is 1. The zero-order valence-electron chi connectivity index (χ0n) is 14.2. The summed E-state index contributed by atoms with van der Waals surface area (Å²) >= 11 is 1.41. The standard InChI is InChI=1S/C19H22N2O3S/c1-24-18(23)15-8-6-14(7-9-15)16(12-13-4-2-3-5-13)17(22)21-19-20-10-11-25-19/h6-11,13,16H,2-5,12H2,1H3,(H,20,21,22)/t16-/m0/s1. The number of amides is 1. The first-order valence-electron chi connectivity index (χ1n) is 8.56. The van der Waals surface area contributed by atoms with Crippen LogP contribution in [0.15, 0.2) is 35.8 Å². The lowest BCUT2D eigenvalue weighted by Gasteiger charge is -2.20. The van der Waals surface area contributed by atoms with E-state index in [1.165, 1.54) is 44.1 Å². The second-order valence-corrected chi connectivity index (χ2v) is 7.27. The molecule has 0 saturated heterocycles. The molecule has 132 valence electrons. The third kappa shape index (κ3) is 4.45. The van der Waals surface area contributed by atoms with Gasteiger partial charge in [-0.2, -0.15) is 0 Å². The van der Waals surface area contributed by atoms with Crippen molar-refractivity contribution in [3.8, 4) is 0 Å². The molecule has 1 aliphatic carbocycles. The molecule has 0 aliphatic heterocycles. The van der Waals surface area contributed by atoms with Crippen molar-refractivity contribution in [3.63, 3.8) is 0 Å². The fourth-order valence-electron chi connectivity index (χ4n) is 3.42. The van der Waals surface area contributed by atoms with Gasteiger partial charge in [-0.3, -0.25) is 4.79 Å². The largest absolute Gasteiger partial charge is 0.465 e. The number of ether oxygens (including phenoxy) is 1. The number of esters is 1. The fourth-order valence-corrected chi connectivity index (χ4v) is 3.95. The van der Waals surface area contributed by atoms with Gasteiger partial charge < -0.3 is 10.1 Å². The molecule has 1 N–H and O–H groups in total. The van der Waals surface area contributed by atoms with Crippen LogP contribution in [0.5, 0.6) is 0 Å². The van der Waals surface area contributed by atoms with Crippen LogP contribution in [-0.4, -0.2) is 24.0 Å². The Morgan fingerprint density at radius 3 is 2.60 bits per heavy atom. The van der Waals surface area contributed by atoms with Crippen LogP contribution >= 0.6 is 11.3 Å². The maximum absolute atomic E-state index is 12.8. The molecule has 1 saturated carbocycles. The summed E-state index contributed by atoms with van der Waals surface area (Å²) in [5.74, 6) is -0.0650. The van der Waals surface area contributed by atoms with Gasteiger partial charge in [-0.1, -0.05) is 37.8 Å². The topological polar surface area (TPSA) is 68.3 Å². The summed E-state index contributed by atoms with van der Waals surface area (Å²) in [6.45, 7) is 0. The molecule has 0 unspecified atom stereocenters. The van der Waals surface area contributed by atoms with E-state index < -0.39 is 0 Å². The number of benzene rings is 1. The lowest BCUT2D eigenvalue weighted by Crippen LogP contribution is -2.23. The Balaban J connectivity index is 1.79. The van der Waals surface area contributed by atoms with Gasteiger partial charge in [0, 0.05) is 11.6 Å². The van der Waals surface area contributed by atoms with Gasteiger partial charge in [0.2, 0.25) is 5.91 Å². The van der Waals surface area contributed by atoms with E-state index in [9.17, 15) is 9.59 Å². The SMILES string of the molecule is COC(=O)c1ccc([C@H](CC2CCCC2)C(=O)Nc2nccs2)cc1. The molecule has 2 aromatic rings. The molecule has 1 fully saturated rings. The third-order valence-corrected chi connectivity index (χ3v) is 5.45. The van der Waals surface area contributed by atoms with Crippen LogP contribution in [0.1, 0.15) is 53.9 Å². The molecule has 0 spiro atoms. The van der Waals surface area contributed by atoms with E-state index in [2.05, 4.69) is 10.3 Å². The highest BCUT2D eigenvalue weighted by atomic mass is 32.1. The van der Waals surface area contributed by atoms with E-state index in [4.69, 9.17) is 4.74 Å². The summed E-state index contributed by atoms with van der Waals surface area (Å²) in [7, 11) is 1.36. The Hall–Kier alpha value is -2.21. The first-order valence-corrected chi connectivity index (χ1v) is 9.44. The minimum Gasteiger partial charge on any atom is -0.465 e. The van der Waals surface area contributed by atoms with Gasteiger partial charge in [0.1, 0.15) is 0 Å². The number of aromatic nitrogens is 1. The molecule has 1 amide bonds. The monoisotopic (exact) mass is 358 g/mol. The van der Waals surface area contributed by atoms with Crippen LogP contribution < -0.4 is 5.32 Å². The van der Waals surface area contributed by atoms with E-state index in [0.717, 1.165) is 12.0 Å². The van der Waals surface area contributed by atoms with Crippen molar-refractivity contribution in [2.45, 2.75) is 38.0 Å². The number of methoxy groups -OCH3 is 1. The van der Waals surface area contributed by atoms with Crippen molar-refractivity contribution < 1.29 is 14.3 Å². The van der Waals surface area contributed by atoms with E-state index in [-0.39, 0.29) is 17.8 Å². The number of carbonyl (C=O) groups is 2. The number of rotatable bonds is 6. The van der Waals surface area contributed by atoms with Crippen molar-refractivity contribution >= 4 is 28.3 Å². The van der Waals surface area contributed by atoms with Crippen LogP contribution in [0.3, 0.4) is 0 Å². The lowest BCUT2D eigenvalue weighted by atomic mass is 9.87. The number of carbonyl (C=O) groups excluding carboxylic acids is 2. The first kappa shape index (κ1) is 17.6. The Morgan fingerprint density at radius 2 is 2.00 bits per heavy atom. The van der Waals surface area contributed by atoms with E-state index in [0.29, 0.717) is 16.6 Å². The average Bonchev–Trinajstić information content (AvgIpc) is 3.33. The maximum Gasteiger partial charge on any atom is 0.337 e. The zero-order valence-corrected chi connectivity index (χ0v) is 15.1. The van der Waals surface area contributed by atoms with Gasteiger partial charge in [0.15, 0.2) is 5.13 Å². The van der Waals surface area contributed by atoms with Crippen molar-refractivity contribution in [3.05, 3.63) is 47.0 Å². The third-order valence-electron chi connectivity index (χ3n) is 4.76. The summed E-state index contributed by atoms with van der Waals surface area (Å²) in [5.41, 5.74) is 1.42. The molecule has 25 heavy (non-hydrogen) atoms. The summed E-state index contributed by atoms with van der Waals surface area (Å²) in [5, 5.41) is 5.38. The molecular formula is C19H22N2O3S. The van der Waals surface area contributed by atoms with Gasteiger partial charge in [0.25, 0.3) is 0 Å². The highest BCUT2D eigenvalue weighted by Crippen LogP contribution is 2.35. The number of nitrogens with zero attached hydrogens (tertiary/aromatic N) is 1. The molecule has 5 nitrogen and oxygen atoms in total. The minimum atomic E-state index is -0.369. The number of hydrogen-bond donors (Lipinski definition) is 1. The highest BCUT2D eigenvalue weighted by Gasteiger charge is 2.27. The predicted octanol–water partition coefficient (Wildman–Crippen LogP) is 4.23. The summed E-state index contributed by atoms with van der Waals surface area (Å²) in [6, 6.07) is 7.15. The van der Waals surface area contributed by atoms with Crippen LogP contribution in [-0.2, 0) is 9.53 Å². The molecule has 1 atom stereocenters. The summed E-state index contributed by atoms with van der Waals surface area (Å²) < 4.78 is 4.74. The Labute approximate surface area is 151 Å². The molecule has 0 radical (unpaired) electrons. The summed E-state index contributed by atoms with van der Waals surface area (Å²) in [4.78, 5) is 28.6. The van der Waals surface area contributed by atoms with Gasteiger partial charge in [-0.25, -0.2) is 9.78 Å². The van der Waals surface area contributed by atoms with Gasteiger partial charge in [-0.05, 0) is 30.0 Å². The molecule has 1 aromatic heterocycles. The number of nitrogens with one attached hydrogen (secondary N) is 1. The van der Waals surface area contributed by atoms with Crippen molar-refractivity contribution in [2.24, 2.45) is 5.92 Å². The molecule has 0 bridgehead atoms. The molecular weight excluding hydrogens is 336 g/mol. The fraction of sp³-hybridized carbons (Fsp3) is 0.421. The van der Waals surface area contributed by atoms with E-state index >= 15 is 0 Å². The van der Waals surface area contributed by atoms with Crippen LogP contribution in [0, 0.1) is 5.92 Å². The number of anilines is 1. The molecule has 1 heterocycles. The van der Waals surface area contributed by atoms with Gasteiger partial charge in [0.05, 0.1) is 18.6 Å². The normalized spacial score (nSPS) is 15.7. The van der Waals surface area contributed by atoms with E-state index in [1.54, 1.807) is 18.3 Å². The summed E-state index contributed by atoms with van der Waals surface area (Å²) in [6.07, 6.45) is 7.36. The molecule has 3 rings (SSSR count). The van der Waals surface area contributed by atoms with Crippen LogP contribution in [0.2, 0.25) is 0 Å². The Morgan fingerprint density at radius 1 is 1.28 bits per heavy atom. The van der Waals surface area contributed by atoms with Gasteiger partial charge in [-0.15, -0.1) is 11.3 Å². The second-order valence-electron chi connectivity index (χ2n) is 6.38. The average molecular weight is 358 g/mol. The smallest absolute Gasteiger partial charge is 0.337 e. The zero-order chi connectivity index (χ0) is 17.6. The molecule has 6 heteroatoms. The van der Waals surface area contributed by atoms with Crippen LogP contribution in [0.25, 0.3) is 0 Å². The quantitative estimate of drug-likeness (QED) is 0.785. The molecule has 1 aliphatic rings. The van der Waals surface area contributed by atoms with Crippen LogP contribution in [0.4, 0.5) is 5.13 Å². The maximum atomic E-state index is 12.8. The number of hydrogen-bond acceptors (Lipinski definition) is 5. The van der Waals surface area contributed by atoms with Crippen molar-refractivity contribution in [1.29, 1.82) is 0 Å². The second kappa shape index (κ2) is 8.25. The highest BCUT2D eigenvalue weighted by molar-refractivity contribution is 7.13. The molecule has 1 aromatic carbocycles.